The van der Waals surface area contributed by atoms with Crippen LogP contribution in [0.3, 0.4) is 0 Å². The normalized spacial score (nSPS) is 11.9. The smallest absolute Gasteiger partial charge is 0.262 e. The highest BCUT2D eigenvalue weighted by atomic mass is 32.1. The number of fused-ring (bicyclic) bond motifs is 1. The molecule has 4 aromatic rings. The van der Waals surface area contributed by atoms with Gasteiger partial charge in [0.15, 0.2) is 4.77 Å². The van der Waals surface area contributed by atoms with Crippen LogP contribution in [-0.4, -0.2) is 34.2 Å². The summed E-state index contributed by atoms with van der Waals surface area (Å²) in [5, 5.41) is 3.54. The van der Waals surface area contributed by atoms with Gasteiger partial charge in [-0.15, -0.1) is 0 Å². The van der Waals surface area contributed by atoms with E-state index in [0.29, 0.717) is 40.8 Å². The Kier molecular flexibility index (Phi) is 7.07. The molecule has 8 heteroatoms. The van der Waals surface area contributed by atoms with Crippen molar-refractivity contribution in [3.05, 3.63) is 105 Å². The fraction of sp³-hybridized carbons (Fsp3) is 0.200. The molecule has 1 atom stereocenters. The number of methoxy groups -OCH3 is 1. The molecule has 0 aliphatic rings. The Hall–Kier alpha value is -3.62. The van der Waals surface area contributed by atoms with E-state index in [4.69, 9.17) is 17.0 Å². The van der Waals surface area contributed by atoms with Crippen molar-refractivity contribution in [1.29, 1.82) is 0 Å². The largest absolute Gasteiger partial charge is 0.385 e. The van der Waals surface area contributed by atoms with E-state index in [1.165, 1.54) is 4.57 Å². The van der Waals surface area contributed by atoms with Gasteiger partial charge in [-0.3, -0.25) is 19.1 Å². The van der Waals surface area contributed by atoms with Crippen molar-refractivity contribution in [2.45, 2.75) is 19.0 Å². The van der Waals surface area contributed by atoms with Gasteiger partial charge in [-0.05, 0) is 54.5 Å². The molecule has 0 bridgehead atoms. The van der Waals surface area contributed by atoms with Crippen molar-refractivity contribution in [1.82, 2.24) is 19.9 Å². The quantitative estimate of drug-likeness (QED) is 0.306. The maximum atomic E-state index is 13.2. The number of amides is 1. The summed E-state index contributed by atoms with van der Waals surface area (Å²) >= 11 is 5.38. The zero-order valence-electron chi connectivity index (χ0n) is 18.2. The van der Waals surface area contributed by atoms with Crippen LogP contribution in [0.4, 0.5) is 0 Å². The van der Waals surface area contributed by atoms with Crippen LogP contribution in [0.5, 0.6) is 0 Å². The summed E-state index contributed by atoms with van der Waals surface area (Å²) in [4.78, 5) is 33.6. The first-order chi connectivity index (χ1) is 16.1. The van der Waals surface area contributed by atoms with Crippen molar-refractivity contribution < 1.29 is 9.53 Å². The third-order valence-corrected chi connectivity index (χ3v) is 5.69. The number of pyridine rings is 1. The maximum absolute atomic E-state index is 13.2. The zero-order chi connectivity index (χ0) is 23.2. The topological polar surface area (TPSA) is 89.0 Å². The number of aromatic nitrogens is 3. The van der Waals surface area contributed by atoms with Crippen LogP contribution in [0.1, 0.15) is 34.1 Å². The number of benzene rings is 2. The van der Waals surface area contributed by atoms with Crippen molar-refractivity contribution in [3.63, 3.8) is 0 Å². The van der Waals surface area contributed by atoms with Crippen LogP contribution in [0, 0.1) is 4.77 Å². The van der Waals surface area contributed by atoms with E-state index < -0.39 is 6.04 Å². The van der Waals surface area contributed by atoms with Crippen LogP contribution in [-0.2, 0) is 11.3 Å². The van der Waals surface area contributed by atoms with E-state index in [2.05, 4.69) is 15.3 Å². The van der Waals surface area contributed by atoms with Gasteiger partial charge in [0.05, 0.1) is 22.6 Å². The molecule has 0 fully saturated rings. The molecule has 1 amide bonds. The minimum Gasteiger partial charge on any atom is -0.385 e. The highest BCUT2D eigenvalue weighted by molar-refractivity contribution is 7.71. The summed E-state index contributed by atoms with van der Waals surface area (Å²) in [5.41, 5.74) is 2.41. The number of H-pyrrole nitrogens is 1. The number of aromatic amines is 1. The predicted octanol–water partition coefficient (Wildman–Crippen LogP) is 4.01. The van der Waals surface area contributed by atoms with Gasteiger partial charge in [-0.2, -0.15) is 0 Å². The molecular weight excluding hydrogens is 436 g/mol. The minimum absolute atomic E-state index is 0.188. The molecule has 2 aromatic heterocycles. The van der Waals surface area contributed by atoms with E-state index in [9.17, 15) is 9.59 Å². The molecule has 2 N–H and O–H groups in total. The summed E-state index contributed by atoms with van der Waals surface area (Å²) in [6.45, 7) is 1.00. The average molecular weight is 461 g/mol. The Labute approximate surface area is 196 Å². The Morgan fingerprint density at radius 1 is 1.15 bits per heavy atom. The van der Waals surface area contributed by atoms with E-state index >= 15 is 0 Å². The first-order valence-electron chi connectivity index (χ1n) is 10.6. The van der Waals surface area contributed by atoms with Crippen molar-refractivity contribution in [2.75, 3.05) is 13.7 Å². The SMILES string of the molecule is COCCCn1c(=S)[nH]c2cc(C(=O)NC(c3ccccc3)c3ccccn3)ccc2c1=O. The molecule has 0 saturated heterocycles. The summed E-state index contributed by atoms with van der Waals surface area (Å²) < 4.78 is 6.89. The van der Waals surface area contributed by atoms with E-state index in [-0.39, 0.29) is 11.5 Å². The average Bonchev–Trinajstić information content (AvgIpc) is 2.85. The second kappa shape index (κ2) is 10.3. The van der Waals surface area contributed by atoms with Gasteiger partial charge in [0.25, 0.3) is 11.5 Å². The van der Waals surface area contributed by atoms with E-state index in [1.54, 1.807) is 31.5 Å². The lowest BCUT2D eigenvalue weighted by molar-refractivity contribution is 0.0942. The number of hydrogen-bond acceptors (Lipinski definition) is 5. The number of nitrogens with one attached hydrogen (secondary N) is 2. The first-order valence-corrected chi connectivity index (χ1v) is 11.0. The highest BCUT2D eigenvalue weighted by Gasteiger charge is 2.19. The second-order valence-corrected chi connectivity index (χ2v) is 7.95. The summed E-state index contributed by atoms with van der Waals surface area (Å²) in [6, 6.07) is 19.8. The predicted molar refractivity (Wildman–Crippen MR) is 130 cm³/mol. The summed E-state index contributed by atoms with van der Waals surface area (Å²) in [7, 11) is 1.62. The summed E-state index contributed by atoms with van der Waals surface area (Å²) in [5.74, 6) is -0.278. The molecule has 4 rings (SSSR count). The van der Waals surface area contributed by atoms with Gasteiger partial charge in [0, 0.05) is 32.0 Å². The summed E-state index contributed by atoms with van der Waals surface area (Å²) in [6.07, 6.45) is 2.37. The van der Waals surface area contributed by atoms with Crippen LogP contribution >= 0.6 is 12.2 Å². The monoisotopic (exact) mass is 460 g/mol. The number of carbonyl (C=O) groups is 1. The Morgan fingerprint density at radius 3 is 2.67 bits per heavy atom. The van der Waals surface area contributed by atoms with Crippen LogP contribution in [0.15, 0.2) is 77.7 Å². The molecule has 0 aliphatic heterocycles. The molecule has 2 heterocycles. The molecule has 0 saturated carbocycles. The van der Waals surface area contributed by atoms with Crippen molar-refractivity contribution in [3.8, 4) is 0 Å². The van der Waals surface area contributed by atoms with Crippen LogP contribution < -0.4 is 10.9 Å². The third kappa shape index (κ3) is 5.08. The molecule has 168 valence electrons. The highest BCUT2D eigenvalue weighted by Crippen LogP contribution is 2.21. The number of ether oxygens (including phenoxy) is 1. The molecule has 2 aromatic carbocycles. The zero-order valence-corrected chi connectivity index (χ0v) is 19.0. The lowest BCUT2D eigenvalue weighted by Crippen LogP contribution is -2.30. The van der Waals surface area contributed by atoms with Crippen molar-refractivity contribution in [2.24, 2.45) is 0 Å². The van der Waals surface area contributed by atoms with E-state index in [0.717, 1.165) is 11.3 Å². The van der Waals surface area contributed by atoms with Gasteiger partial charge in [-0.25, -0.2) is 0 Å². The second-order valence-electron chi connectivity index (χ2n) is 7.57. The Morgan fingerprint density at radius 2 is 1.94 bits per heavy atom. The van der Waals surface area contributed by atoms with Gasteiger partial charge in [0.2, 0.25) is 0 Å². The lowest BCUT2D eigenvalue weighted by atomic mass is 10.0. The fourth-order valence-electron chi connectivity index (χ4n) is 3.70. The number of carbonyl (C=O) groups excluding carboxylic acids is 1. The molecule has 0 spiro atoms. The van der Waals surface area contributed by atoms with E-state index in [1.807, 2.05) is 48.5 Å². The van der Waals surface area contributed by atoms with Crippen LogP contribution in [0.25, 0.3) is 10.9 Å². The minimum atomic E-state index is -0.414. The van der Waals surface area contributed by atoms with Gasteiger partial charge in [0.1, 0.15) is 0 Å². The van der Waals surface area contributed by atoms with Gasteiger partial charge in [-0.1, -0.05) is 36.4 Å². The lowest BCUT2D eigenvalue weighted by Gasteiger charge is -2.19. The molecular formula is C25H24N4O3S. The number of rotatable bonds is 8. The number of nitrogens with zero attached hydrogens (tertiary/aromatic N) is 2. The van der Waals surface area contributed by atoms with Gasteiger partial charge >= 0.3 is 0 Å². The fourth-order valence-corrected chi connectivity index (χ4v) is 3.98. The Balaban J connectivity index is 1.65. The Bertz CT molecular complexity index is 1330. The standard InChI is InChI=1S/C25H24N4O3S/c1-32-15-7-14-29-24(31)19-12-11-18(16-21(19)27-25(29)33)23(30)28-22(17-8-3-2-4-9-17)20-10-5-6-13-26-20/h2-6,8-13,16,22H,7,14-15H2,1H3,(H,27,33)(H,28,30). The van der Waals surface area contributed by atoms with Crippen LogP contribution in [0.2, 0.25) is 0 Å². The molecule has 0 aliphatic carbocycles. The molecule has 1 unspecified atom stereocenters. The molecule has 7 nitrogen and oxygen atoms in total. The molecule has 33 heavy (non-hydrogen) atoms. The maximum Gasteiger partial charge on any atom is 0.262 e. The van der Waals surface area contributed by atoms with Gasteiger partial charge < -0.3 is 15.0 Å². The van der Waals surface area contributed by atoms with Crippen molar-refractivity contribution >= 4 is 29.0 Å². The number of hydrogen-bond donors (Lipinski definition) is 2. The third-order valence-electron chi connectivity index (χ3n) is 5.37. The first kappa shape index (κ1) is 22.6. The molecule has 0 radical (unpaired) electrons.